The number of nitrogen functional groups attached to an aromatic ring is 1. The minimum Gasteiger partial charge on any atom is -0.460 e. The summed E-state index contributed by atoms with van der Waals surface area (Å²) in [4.78, 5) is 12.0. The summed E-state index contributed by atoms with van der Waals surface area (Å²) in [5.41, 5.74) is 6.81. The summed E-state index contributed by atoms with van der Waals surface area (Å²) >= 11 is 0. The number of carbonyl (C=O) groups excluding carboxylic acids is 1. The zero-order chi connectivity index (χ0) is 16.4. The van der Waals surface area contributed by atoms with Gasteiger partial charge < -0.3 is 15.8 Å². The molecule has 132 valence electrons. The Bertz CT molecular complexity index is 431. The molecular formula is C18H31ClN2O2. The Labute approximate surface area is 146 Å². The van der Waals surface area contributed by atoms with Crippen molar-refractivity contribution in [2.45, 2.75) is 65.0 Å². The number of hydrogen-bond acceptors (Lipinski definition) is 4. The third-order valence-electron chi connectivity index (χ3n) is 3.80. The predicted molar refractivity (Wildman–Crippen MR) is 99.2 cm³/mol. The molecule has 3 N–H and O–H groups in total. The molecule has 5 heteroatoms. The van der Waals surface area contributed by atoms with Gasteiger partial charge in [-0.25, -0.2) is 4.79 Å². The minimum absolute atomic E-state index is 0. The number of benzene rings is 1. The van der Waals surface area contributed by atoms with Crippen LogP contribution in [0.2, 0.25) is 0 Å². The van der Waals surface area contributed by atoms with Crippen LogP contribution in [0.4, 0.5) is 5.69 Å². The van der Waals surface area contributed by atoms with Crippen molar-refractivity contribution in [2.24, 2.45) is 0 Å². The Kier molecular flexibility index (Phi) is 11.5. The Hall–Kier alpha value is -1.26. The van der Waals surface area contributed by atoms with Crippen LogP contribution < -0.4 is 11.1 Å². The van der Waals surface area contributed by atoms with Gasteiger partial charge in [-0.05, 0) is 43.5 Å². The van der Waals surface area contributed by atoms with Crippen LogP contribution in [0, 0.1) is 0 Å². The van der Waals surface area contributed by atoms with Gasteiger partial charge in [0, 0.05) is 17.8 Å². The Morgan fingerprint density at radius 1 is 1.09 bits per heavy atom. The van der Waals surface area contributed by atoms with Crippen LogP contribution in [0.15, 0.2) is 24.3 Å². The van der Waals surface area contributed by atoms with Gasteiger partial charge >= 0.3 is 5.97 Å². The van der Waals surface area contributed by atoms with E-state index in [-0.39, 0.29) is 24.4 Å². The summed E-state index contributed by atoms with van der Waals surface area (Å²) in [7, 11) is 0. The summed E-state index contributed by atoms with van der Waals surface area (Å²) < 4.78 is 5.44. The monoisotopic (exact) mass is 342 g/mol. The molecule has 0 fully saturated rings. The molecule has 1 atom stereocenters. The molecule has 0 radical (unpaired) electrons. The van der Waals surface area contributed by atoms with Gasteiger partial charge in [0.15, 0.2) is 0 Å². The van der Waals surface area contributed by atoms with Crippen molar-refractivity contribution < 1.29 is 9.53 Å². The first-order valence-corrected chi connectivity index (χ1v) is 8.39. The zero-order valence-corrected chi connectivity index (χ0v) is 15.3. The van der Waals surface area contributed by atoms with E-state index in [1.807, 2.05) is 0 Å². The summed E-state index contributed by atoms with van der Waals surface area (Å²) in [6.45, 7) is 6.92. The normalized spacial score (nSPS) is 11.8. The van der Waals surface area contributed by atoms with Crippen LogP contribution in [-0.4, -0.2) is 24.7 Å². The first-order chi connectivity index (χ1) is 10.6. The molecule has 0 spiro atoms. The van der Waals surface area contributed by atoms with Crippen molar-refractivity contribution >= 4 is 24.1 Å². The average molecular weight is 343 g/mol. The van der Waals surface area contributed by atoms with Crippen molar-refractivity contribution in [1.82, 2.24) is 5.32 Å². The second-order valence-corrected chi connectivity index (χ2v) is 5.77. The fourth-order valence-corrected chi connectivity index (χ4v) is 2.50. The highest BCUT2D eigenvalue weighted by Crippen LogP contribution is 2.10. The second kappa shape index (κ2) is 12.2. The van der Waals surface area contributed by atoms with E-state index >= 15 is 0 Å². The van der Waals surface area contributed by atoms with Crippen LogP contribution in [0.25, 0.3) is 0 Å². The fourth-order valence-electron chi connectivity index (χ4n) is 2.50. The average Bonchev–Trinajstić information content (AvgIpc) is 2.52. The lowest BCUT2D eigenvalue weighted by Crippen LogP contribution is -2.41. The number of hydrogen-bond donors (Lipinski definition) is 2. The van der Waals surface area contributed by atoms with Crippen molar-refractivity contribution in [1.29, 1.82) is 0 Å². The van der Waals surface area contributed by atoms with Gasteiger partial charge in [0.2, 0.25) is 0 Å². The Morgan fingerprint density at radius 2 is 1.65 bits per heavy atom. The predicted octanol–water partition coefficient (Wildman–Crippen LogP) is 4.18. The Morgan fingerprint density at radius 3 is 2.13 bits per heavy atom. The van der Waals surface area contributed by atoms with E-state index in [9.17, 15) is 4.79 Å². The highest BCUT2D eigenvalue weighted by atomic mass is 35.5. The molecule has 1 aromatic carbocycles. The first-order valence-electron chi connectivity index (χ1n) is 8.39. The summed E-state index contributed by atoms with van der Waals surface area (Å²) in [6, 6.07) is 7.54. The fraction of sp³-hybridized carbons (Fsp3) is 0.611. The third kappa shape index (κ3) is 8.24. The highest BCUT2D eigenvalue weighted by Gasteiger charge is 2.15. The van der Waals surface area contributed by atoms with Crippen LogP contribution >= 0.6 is 12.4 Å². The summed E-state index contributed by atoms with van der Waals surface area (Å²) in [6.07, 6.45) is 5.60. The van der Waals surface area contributed by atoms with Gasteiger partial charge in [-0.1, -0.05) is 33.6 Å². The van der Waals surface area contributed by atoms with Crippen molar-refractivity contribution in [3.05, 3.63) is 29.8 Å². The lowest BCUT2D eigenvalue weighted by atomic mass is 10.0. The molecule has 0 amide bonds. The molecule has 0 aromatic heterocycles. The highest BCUT2D eigenvalue weighted by molar-refractivity contribution is 5.89. The number of carbonyl (C=O) groups is 1. The topological polar surface area (TPSA) is 64.3 Å². The lowest BCUT2D eigenvalue weighted by Gasteiger charge is -2.24. The van der Waals surface area contributed by atoms with E-state index in [1.165, 1.54) is 12.8 Å². The zero-order valence-electron chi connectivity index (χ0n) is 14.5. The van der Waals surface area contributed by atoms with E-state index in [1.54, 1.807) is 24.3 Å². The molecule has 0 saturated heterocycles. The quantitative estimate of drug-likeness (QED) is 0.494. The number of ether oxygens (including phenoxy) is 1. The van der Waals surface area contributed by atoms with E-state index in [0.717, 1.165) is 19.3 Å². The van der Waals surface area contributed by atoms with Crippen LogP contribution in [0.1, 0.15) is 63.2 Å². The minimum atomic E-state index is -0.289. The molecule has 23 heavy (non-hydrogen) atoms. The smallest absolute Gasteiger partial charge is 0.338 e. The van der Waals surface area contributed by atoms with E-state index in [0.29, 0.717) is 23.9 Å². The molecule has 0 saturated carbocycles. The summed E-state index contributed by atoms with van der Waals surface area (Å²) in [5.74, 6) is -0.289. The molecule has 0 bridgehead atoms. The number of esters is 1. The van der Waals surface area contributed by atoms with Gasteiger partial charge in [-0.2, -0.15) is 0 Å². The Balaban J connectivity index is 0.00000484. The number of anilines is 1. The lowest BCUT2D eigenvalue weighted by molar-refractivity contribution is 0.0455. The summed E-state index contributed by atoms with van der Waals surface area (Å²) in [5, 5.41) is 3.62. The maximum absolute atomic E-state index is 12.0. The molecule has 0 aliphatic carbocycles. The molecule has 1 aromatic rings. The van der Waals surface area contributed by atoms with E-state index < -0.39 is 0 Å². The molecule has 4 nitrogen and oxygen atoms in total. The number of nitrogens with two attached hydrogens (primary N) is 1. The molecule has 1 rings (SSSR count). The molecule has 0 aliphatic heterocycles. The third-order valence-corrected chi connectivity index (χ3v) is 3.80. The van der Waals surface area contributed by atoms with E-state index in [4.69, 9.17) is 10.5 Å². The van der Waals surface area contributed by atoms with Crippen LogP contribution in [0.5, 0.6) is 0 Å². The van der Waals surface area contributed by atoms with Crippen molar-refractivity contribution in [3.8, 4) is 0 Å². The second-order valence-electron chi connectivity index (χ2n) is 5.77. The maximum atomic E-state index is 12.0. The van der Waals surface area contributed by atoms with E-state index in [2.05, 4.69) is 26.1 Å². The van der Waals surface area contributed by atoms with Gasteiger partial charge in [-0.3, -0.25) is 0 Å². The molecule has 0 aliphatic rings. The largest absolute Gasteiger partial charge is 0.460 e. The number of halogens is 1. The first kappa shape index (κ1) is 21.7. The molecule has 1 unspecified atom stereocenters. The van der Waals surface area contributed by atoms with Crippen molar-refractivity contribution in [3.63, 3.8) is 0 Å². The van der Waals surface area contributed by atoms with Gasteiger partial charge in [0.25, 0.3) is 0 Å². The maximum Gasteiger partial charge on any atom is 0.338 e. The SMILES string of the molecule is CCCC(CCC)NC(CC)COC(=O)c1ccc(N)cc1.Cl. The van der Waals surface area contributed by atoms with Crippen molar-refractivity contribution in [2.75, 3.05) is 12.3 Å². The number of rotatable bonds is 10. The van der Waals surface area contributed by atoms with Crippen LogP contribution in [0.3, 0.4) is 0 Å². The molecular weight excluding hydrogens is 312 g/mol. The number of nitrogens with one attached hydrogen (secondary N) is 1. The van der Waals surface area contributed by atoms with Crippen LogP contribution in [-0.2, 0) is 4.74 Å². The van der Waals surface area contributed by atoms with Gasteiger partial charge in [0.05, 0.1) is 5.56 Å². The molecule has 0 heterocycles. The van der Waals surface area contributed by atoms with Gasteiger partial charge in [-0.15, -0.1) is 12.4 Å². The van der Waals surface area contributed by atoms with Gasteiger partial charge in [0.1, 0.15) is 6.61 Å². The standard InChI is InChI=1S/C18H30N2O2.ClH/c1-4-7-17(8-5-2)20-16(6-3)13-22-18(21)14-9-11-15(19)12-10-14;/h9-12,16-17,20H,4-8,13,19H2,1-3H3;1H.